The van der Waals surface area contributed by atoms with Crippen molar-refractivity contribution < 1.29 is 0 Å². The van der Waals surface area contributed by atoms with Crippen LogP contribution >= 0.6 is 0 Å². The first-order chi connectivity index (χ1) is 4.83. The van der Waals surface area contributed by atoms with Crippen molar-refractivity contribution >= 4 is 0 Å². The van der Waals surface area contributed by atoms with Gasteiger partial charge in [0.15, 0.2) is 0 Å². The van der Waals surface area contributed by atoms with Crippen LogP contribution in [-0.4, -0.2) is 25.2 Å². The maximum absolute atomic E-state index is 8.37. The van der Waals surface area contributed by atoms with E-state index in [0.717, 1.165) is 13.1 Å². The molecule has 1 heterocycles. The molecule has 0 aromatic heterocycles. The summed E-state index contributed by atoms with van der Waals surface area (Å²) < 4.78 is 0. The minimum absolute atomic E-state index is 0.362. The lowest BCUT2D eigenvalue weighted by atomic mass is 10.1. The minimum Gasteiger partial charge on any atom is -0.311 e. The molecule has 2 atom stereocenters. The normalized spacial score (nSPS) is 33.2. The van der Waals surface area contributed by atoms with Crippen LogP contribution in [0.1, 0.15) is 13.3 Å². The summed E-state index contributed by atoms with van der Waals surface area (Å²) in [6.45, 7) is 4.04. The quantitative estimate of drug-likeness (QED) is 0.531. The topological polar surface area (TPSA) is 47.9 Å². The first kappa shape index (κ1) is 7.52. The molecule has 0 aromatic rings. The number of nitriles is 1. The Morgan fingerprint density at radius 1 is 1.50 bits per heavy atom. The molecule has 2 N–H and O–H groups in total. The van der Waals surface area contributed by atoms with Crippen LogP contribution < -0.4 is 10.6 Å². The summed E-state index contributed by atoms with van der Waals surface area (Å²) >= 11 is 0. The molecule has 0 aromatic carbocycles. The Hall–Kier alpha value is -0.590. The summed E-state index contributed by atoms with van der Waals surface area (Å²) in [6, 6.07) is 3.06. The van der Waals surface area contributed by atoms with E-state index in [2.05, 4.69) is 23.6 Å². The monoisotopic (exact) mass is 139 g/mol. The molecule has 0 bridgehead atoms. The predicted molar refractivity (Wildman–Crippen MR) is 39.5 cm³/mol. The molecule has 56 valence electrons. The largest absolute Gasteiger partial charge is 0.311 e. The highest BCUT2D eigenvalue weighted by Crippen LogP contribution is 1.95. The molecule has 3 heteroatoms. The molecule has 0 radical (unpaired) electrons. The van der Waals surface area contributed by atoms with Crippen LogP contribution in [0, 0.1) is 11.3 Å². The van der Waals surface area contributed by atoms with E-state index in [4.69, 9.17) is 5.26 Å². The van der Waals surface area contributed by atoms with Gasteiger partial charge >= 0.3 is 0 Å². The van der Waals surface area contributed by atoms with Gasteiger partial charge in [-0.1, -0.05) is 0 Å². The van der Waals surface area contributed by atoms with Gasteiger partial charge in [-0.25, -0.2) is 0 Å². The van der Waals surface area contributed by atoms with Crippen molar-refractivity contribution in [2.75, 3.05) is 13.1 Å². The smallest absolute Gasteiger partial charge is 0.0638 e. The Morgan fingerprint density at radius 2 is 2.30 bits per heavy atom. The number of hydrogen-bond donors (Lipinski definition) is 2. The van der Waals surface area contributed by atoms with Crippen molar-refractivity contribution in [3.63, 3.8) is 0 Å². The maximum atomic E-state index is 8.37. The molecule has 3 nitrogen and oxygen atoms in total. The van der Waals surface area contributed by atoms with Gasteiger partial charge < -0.3 is 10.6 Å². The van der Waals surface area contributed by atoms with Gasteiger partial charge in [-0.2, -0.15) is 5.26 Å². The van der Waals surface area contributed by atoms with Gasteiger partial charge in [0.1, 0.15) is 0 Å². The average molecular weight is 139 g/mol. The van der Waals surface area contributed by atoms with Crippen molar-refractivity contribution in [1.82, 2.24) is 10.6 Å². The fourth-order valence-corrected chi connectivity index (χ4v) is 1.09. The Balaban J connectivity index is 2.21. The van der Waals surface area contributed by atoms with Crippen LogP contribution in [0.25, 0.3) is 0 Å². The van der Waals surface area contributed by atoms with Crippen molar-refractivity contribution in [3.8, 4) is 6.07 Å². The lowest BCUT2D eigenvalue weighted by molar-refractivity contribution is 0.363. The first-order valence-corrected chi connectivity index (χ1v) is 3.66. The van der Waals surface area contributed by atoms with E-state index in [-0.39, 0.29) is 0 Å². The molecule has 1 aliphatic rings. The van der Waals surface area contributed by atoms with Gasteiger partial charge in [-0.05, 0) is 6.92 Å². The number of nitrogens with zero attached hydrogens (tertiary/aromatic N) is 1. The molecule has 1 aliphatic heterocycles. The molecule has 0 spiro atoms. The summed E-state index contributed by atoms with van der Waals surface area (Å²) in [7, 11) is 0. The van der Waals surface area contributed by atoms with E-state index < -0.39 is 0 Å². The van der Waals surface area contributed by atoms with Gasteiger partial charge in [0.2, 0.25) is 0 Å². The fraction of sp³-hybridized carbons (Fsp3) is 0.857. The van der Waals surface area contributed by atoms with Gasteiger partial charge in [0.05, 0.1) is 12.5 Å². The summed E-state index contributed by atoms with van der Waals surface area (Å²) in [5.41, 5.74) is 0. The molecular weight excluding hydrogens is 126 g/mol. The van der Waals surface area contributed by atoms with E-state index in [1.165, 1.54) is 0 Å². The number of hydrogen-bond acceptors (Lipinski definition) is 3. The molecule has 1 fully saturated rings. The highest BCUT2D eigenvalue weighted by molar-refractivity contribution is 4.87. The number of piperazine rings is 1. The maximum Gasteiger partial charge on any atom is 0.0638 e. The highest BCUT2D eigenvalue weighted by Gasteiger charge is 2.15. The van der Waals surface area contributed by atoms with Gasteiger partial charge in [0.25, 0.3) is 0 Å². The van der Waals surface area contributed by atoms with E-state index in [9.17, 15) is 0 Å². The second-order valence-corrected chi connectivity index (χ2v) is 2.78. The summed E-state index contributed by atoms with van der Waals surface area (Å²) in [5, 5.41) is 15.0. The third kappa shape index (κ3) is 1.98. The van der Waals surface area contributed by atoms with E-state index >= 15 is 0 Å². The molecule has 1 saturated heterocycles. The predicted octanol–water partition coefficient (Wildman–Crippen LogP) is -0.150. The average Bonchev–Trinajstić information content (AvgIpc) is 1.95. The summed E-state index contributed by atoms with van der Waals surface area (Å²) in [4.78, 5) is 0. The summed E-state index contributed by atoms with van der Waals surface area (Å²) in [5.74, 6) is 0. The van der Waals surface area contributed by atoms with Crippen molar-refractivity contribution in [2.45, 2.75) is 25.4 Å². The lowest BCUT2D eigenvalue weighted by Gasteiger charge is -2.27. The Kier molecular flexibility index (Phi) is 2.67. The van der Waals surface area contributed by atoms with Crippen molar-refractivity contribution in [3.05, 3.63) is 0 Å². The van der Waals surface area contributed by atoms with E-state index in [0.29, 0.717) is 18.5 Å². The number of rotatable bonds is 1. The molecule has 10 heavy (non-hydrogen) atoms. The van der Waals surface area contributed by atoms with Crippen LogP contribution in [0.15, 0.2) is 0 Å². The van der Waals surface area contributed by atoms with Crippen molar-refractivity contribution in [2.24, 2.45) is 0 Å². The molecule has 0 amide bonds. The van der Waals surface area contributed by atoms with E-state index in [1.807, 2.05) is 0 Å². The third-order valence-electron chi connectivity index (χ3n) is 1.76. The SMILES string of the molecule is CC1CNC(CC#N)CN1. The molecule has 2 unspecified atom stereocenters. The standard InChI is InChI=1S/C7H13N3/c1-6-4-10-7(2-3-8)5-9-6/h6-7,9-10H,2,4-5H2,1H3. The van der Waals surface area contributed by atoms with Gasteiger partial charge in [-0.3, -0.25) is 0 Å². The Labute approximate surface area is 61.4 Å². The molecule has 0 saturated carbocycles. The van der Waals surface area contributed by atoms with Crippen LogP contribution in [0.2, 0.25) is 0 Å². The van der Waals surface area contributed by atoms with Gasteiger partial charge in [-0.15, -0.1) is 0 Å². The van der Waals surface area contributed by atoms with E-state index in [1.54, 1.807) is 0 Å². The van der Waals surface area contributed by atoms with Crippen LogP contribution in [0.4, 0.5) is 0 Å². The highest BCUT2D eigenvalue weighted by atomic mass is 15.1. The van der Waals surface area contributed by atoms with Crippen LogP contribution in [-0.2, 0) is 0 Å². The Bertz CT molecular complexity index is 130. The molecule has 1 rings (SSSR count). The zero-order valence-electron chi connectivity index (χ0n) is 6.22. The number of nitrogens with one attached hydrogen (secondary N) is 2. The first-order valence-electron chi connectivity index (χ1n) is 3.66. The minimum atomic E-state index is 0.362. The summed E-state index contributed by atoms with van der Waals surface area (Å²) in [6.07, 6.45) is 0.611. The second kappa shape index (κ2) is 3.55. The van der Waals surface area contributed by atoms with Gasteiger partial charge in [0, 0.05) is 25.2 Å². The zero-order valence-corrected chi connectivity index (χ0v) is 6.22. The van der Waals surface area contributed by atoms with Crippen molar-refractivity contribution in [1.29, 1.82) is 5.26 Å². The zero-order chi connectivity index (χ0) is 7.40. The third-order valence-corrected chi connectivity index (χ3v) is 1.76. The van der Waals surface area contributed by atoms with Crippen LogP contribution in [0.3, 0.4) is 0 Å². The molecule has 0 aliphatic carbocycles. The molecular formula is C7H13N3. The lowest BCUT2D eigenvalue weighted by Crippen LogP contribution is -2.52. The van der Waals surface area contributed by atoms with Crippen LogP contribution in [0.5, 0.6) is 0 Å². The fourth-order valence-electron chi connectivity index (χ4n) is 1.09. The Morgan fingerprint density at radius 3 is 2.80 bits per heavy atom. The second-order valence-electron chi connectivity index (χ2n) is 2.78.